The van der Waals surface area contributed by atoms with Gasteiger partial charge in [-0.1, -0.05) is 23.5 Å². The first kappa shape index (κ1) is 20.8. The highest BCUT2D eigenvalue weighted by Gasteiger charge is 2.09. The van der Waals surface area contributed by atoms with Crippen molar-refractivity contribution in [1.82, 2.24) is 15.2 Å². The van der Waals surface area contributed by atoms with Crippen LogP contribution in [0.1, 0.15) is 5.56 Å². The minimum Gasteiger partial charge on any atom is -0.497 e. The van der Waals surface area contributed by atoms with Crippen LogP contribution in [0, 0.1) is 0 Å². The summed E-state index contributed by atoms with van der Waals surface area (Å²) < 4.78 is 24.3. The van der Waals surface area contributed by atoms with Crippen LogP contribution < -0.4 is 14.8 Å². The van der Waals surface area contributed by atoms with Gasteiger partial charge >= 0.3 is 0 Å². The third-order valence-electron chi connectivity index (χ3n) is 5.00. The zero-order valence-electron chi connectivity index (χ0n) is 17.7. The van der Waals surface area contributed by atoms with E-state index in [1.807, 2.05) is 54.6 Å². The molecule has 2 aromatic heterocycles. The molecule has 2 heterocycles. The number of benzene rings is 3. The lowest BCUT2D eigenvalue weighted by Crippen LogP contribution is -1.90. The summed E-state index contributed by atoms with van der Waals surface area (Å²) in [5.41, 5.74) is 3.12. The molecule has 0 fully saturated rings. The van der Waals surface area contributed by atoms with E-state index in [2.05, 4.69) is 20.5 Å². The molecule has 0 amide bonds. The van der Waals surface area contributed by atoms with E-state index < -0.39 is 6.67 Å². The van der Waals surface area contributed by atoms with E-state index in [0.717, 1.165) is 32.9 Å². The molecule has 8 heteroatoms. The first-order chi connectivity index (χ1) is 16.2. The number of fused-ring (bicyclic) bond motifs is 1. The van der Waals surface area contributed by atoms with E-state index in [9.17, 15) is 4.39 Å². The van der Waals surface area contributed by atoms with Crippen LogP contribution in [0.5, 0.6) is 17.2 Å². The fourth-order valence-corrected chi connectivity index (χ4v) is 4.13. The number of hydrogen-bond donors (Lipinski definition) is 1. The van der Waals surface area contributed by atoms with Crippen LogP contribution in [-0.2, 0) is 6.67 Å². The van der Waals surface area contributed by atoms with E-state index in [0.29, 0.717) is 22.2 Å². The number of aromatic nitrogens is 3. The van der Waals surface area contributed by atoms with Crippen LogP contribution in [0.3, 0.4) is 0 Å². The molecule has 6 nitrogen and oxygen atoms in total. The number of methoxy groups -OCH3 is 1. The average Bonchev–Trinajstić information content (AvgIpc) is 3.33. The molecule has 0 aliphatic carbocycles. The van der Waals surface area contributed by atoms with Gasteiger partial charge in [0.25, 0.3) is 0 Å². The SMILES string of the molecule is COc1ccc2c(Oc3ccc(-c4nnc(Nc5cccc(CF)c5)s4)cc3)ccnc2c1. The summed E-state index contributed by atoms with van der Waals surface area (Å²) in [6, 6.07) is 22.4. The topological polar surface area (TPSA) is 69.2 Å². The zero-order valence-corrected chi connectivity index (χ0v) is 18.5. The van der Waals surface area contributed by atoms with Crippen molar-refractivity contribution in [2.24, 2.45) is 0 Å². The van der Waals surface area contributed by atoms with Crippen molar-refractivity contribution in [2.75, 3.05) is 12.4 Å². The quantitative estimate of drug-likeness (QED) is 0.290. The second-order valence-corrected chi connectivity index (χ2v) is 8.17. The molecule has 0 bridgehead atoms. The summed E-state index contributed by atoms with van der Waals surface area (Å²) >= 11 is 1.42. The number of nitrogens with one attached hydrogen (secondary N) is 1. The Bertz CT molecular complexity index is 1410. The highest BCUT2D eigenvalue weighted by Crippen LogP contribution is 2.33. The van der Waals surface area contributed by atoms with Gasteiger partial charge in [0.05, 0.1) is 12.6 Å². The number of nitrogens with zero attached hydrogens (tertiary/aromatic N) is 3. The van der Waals surface area contributed by atoms with Gasteiger partial charge < -0.3 is 14.8 Å². The number of ether oxygens (including phenoxy) is 2. The molecule has 0 saturated heterocycles. The molecular weight excluding hydrogens is 439 g/mol. The molecule has 0 aliphatic heterocycles. The molecular formula is C25H19FN4O2S. The fraction of sp³-hybridized carbons (Fsp3) is 0.0800. The molecule has 0 radical (unpaired) electrons. The molecule has 0 spiro atoms. The molecule has 5 aromatic rings. The Hall–Kier alpha value is -4.04. The minimum absolute atomic E-state index is 0.505. The molecule has 164 valence electrons. The van der Waals surface area contributed by atoms with Crippen LogP contribution in [0.2, 0.25) is 0 Å². The Morgan fingerprint density at radius 3 is 2.61 bits per heavy atom. The molecule has 0 unspecified atom stereocenters. The Labute approximate surface area is 193 Å². The largest absolute Gasteiger partial charge is 0.497 e. The lowest BCUT2D eigenvalue weighted by atomic mass is 10.2. The summed E-state index contributed by atoms with van der Waals surface area (Å²) in [6.07, 6.45) is 1.71. The Kier molecular flexibility index (Phi) is 5.82. The average molecular weight is 459 g/mol. The van der Waals surface area contributed by atoms with Crippen molar-refractivity contribution >= 4 is 33.1 Å². The second kappa shape index (κ2) is 9.22. The minimum atomic E-state index is -0.505. The molecule has 0 atom stereocenters. The molecule has 1 N–H and O–H groups in total. The number of alkyl halides is 1. The second-order valence-electron chi connectivity index (χ2n) is 7.19. The maximum absolute atomic E-state index is 12.9. The normalized spacial score (nSPS) is 10.8. The van der Waals surface area contributed by atoms with E-state index >= 15 is 0 Å². The fourth-order valence-electron chi connectivity index (χ4n) is 3.36. The Morgan fingerprint density at radius 2 is 1.79 bits per heavy atom. The monoisotopic (exact) mass is 458 g/mol. The first-order valence-corrected chi connectivity index (χ1v) is 11.0. The molecule has 0 saturated carbocycles. The van der Waals surface area contributed by atoms with E-state index in [4.69, 9.17) is 9.47 Å². The van der Waals surface area contributed by atoms with Crippen LogP contribution in [0.4, 0.5) is 15.2 Å². The van der Waals surface area contributed by atoms with Gasteiger partial charge in [-0.2, -0.15) is 0 Å². The number of halogens is 1. The molecule has 5 rings (SSSR count). The highest BCUT2D eigenvalue weighted by molar-refractivity contribution is 7.18. The van der Waals surface area contributed by atoms with Gasteiger partial charge in [-0.05, 0) is 60.2 Å². The summed E-state index contributed by atoms with van der Waals surface area (Å²) in [5, 5.41) is 14.0. The van der Waals surface area contributed by atoms with Gasteiger partial charge in [0.15, 0.2) is 0 Å². The van der Waals surface area contributed by atoms with Crippen molar-refractivity contribution in [3.63, 3.8) is 0 Å². The van der Waals surface area contributed by atoms with Crippen molar-refractivity contribution in [2.45, 2.75) is 6.67 Å². The predicted octanol–water partition coefficient (Wildman–Crippen LogP) is 6.77. The van der Waals surface area contributed by atoms with E-state index in [1.165, 1.54) is 11.3 Å². The highest BCUT2D eigenvalue weighted by atomic mass is 32.1. The summed E-state index contributed by atoms with van der Waals surface area (Å²) in [5.74, 6) is 2.17. The van der Waals surface area contributed by atoms with E-state index in [1.54, 1.807) is 31.5 Å². The van der Waals surface area contributed by atoms with Crippen LogP contribution >= 0.6 is 11.3 Å². The van der Waals surface area contributed by atoms with E-state index in [-0.39, 0.29) is 0 Å². The lowest BCUT2D eigenvalue weighted by molar-refractivity contribution is 0.415. The Balaban J connectivity index is 1.32. The smallest absolute Gasteiger partial charge is 0.210 e. The van der Waals surface area contributed by atoms with Crippen LogP contribution in [0.25, 0.3) is 21.5 Å². The first-order valence-electron chi connectivity index (χ1n) is 10.2. The predicted molar refractivity (Wildman–Crippen MR) is 128 cm³/mol. The lowest BCUT2D eigenvalue weighted by Gasteiger charge is -2.09. The van der Waals surface area contributed by atoms with Crippen molar-refractivity contribution in [1.29, 1.82) is 0 Å². The summed E-state index contributed by atoms with van der Waals surface area (Å²) in [6.45, 7) is -0.505. The summed E-state index contributed by atoms with van der Waals surface area (Å²) in [7, 11) is 1.63. The van der Waals surface area contributed by atoms with Gasteiger partial charge in [-0.15, -0.1) is 10.2 Å². The van der Waals surface area contributed by atoms with Crippen LogP contribution in [0.15, 0.2) is 79.0 Å². The maximum atomic E-state index is 12.9. The number of hydrogen-bond acceptors (Lipinski definition) is 7. The van der Waals surface area contributed by atoms with Gasteiger partial charge in [0.2, 0.25) is 5.13 Å². The van der Waals surface area contributed by atoms with Crippen LogP contribution in [-0.4, -0.2) is 22.3 Å². The number of rotatable bonds is 7. The van der Waals surface area contributed by atoms with Gasteiger partial charge in [0.1, 0.15) is 28.9 Å². The molecule has 0 aliphatic rings. The molecule has 33 heavy (non-hydrogen) atoms. The number of anilines is 2. The maximum Gasteiger partial charge on any atom is 0.210 e. The van der Waals surface area contributed by atoms with Crippen molar-refractivity contribution < 1.29 is 13.9 Å². The Morgan fingerprint density at radius 1 is 0.939 bits per heavy atom. The molecule has 3 aromatic carbocycles. The van der Waals surface area contributed by atoms with Crippen molar-refractivity contribution in [3.05, 3.63) is 84.6 Å². The van der Waals surface area contributed by atoms with Crippen molar-refractivity contribution in [3.8, 4) is 27.8 Å². The van der Waals surface area contributed by atoms with Gasteiger partial charge in [-0.25, -0.2) is 4.39 Å². The zero-order chi connectivity index (χ0) is 22.6. The van der Waals surface area contributed by atoms with Gasteiger partial charge in [0, 0.05) is 28.9 Å². The third kappa shape index (κ3) is 4.61. The third-order valence-corrected chi connectivity index (χ3v) is 5.88. The number of pyridine rings is 1. The summed E-state index contributed by atoms with van der Waals surface area (Å²) in [4.78, 5) is 4.39. The van der Waals surface area contributed by atoms with Gasteiger partial charge in [-0.3, -0.25) is 4.98 Å². The standard InChI is InChI=1S/C25H19FN4O2S/c1-31-20-9-10-21-22(14-20)27-12-11-23(21)32-19-7-5-17(6-8-19)24-29-30-25(33-24)28-18-4-2-3-16(13-18)15-26/h2-14H,15H2,1H3,(H,28,30).